The van der Waals surface area contributed by atoms with E-state index in [1.54, 1.807) is 60.7 Å². The fourth-order valence-corrected chi connectivity index (χ4v) is 7.98. The molecular formula is C29H33N3O7S2. The van der Waals surface area contributed by atoms with Crippen molar-refractivity contribution in [3.63, 3.8) is 0 Å². The Bertz CT molecular complexity index is 1560. The minimum absolute atomic E-state index is 0.128. The summed E-state index contributed by atoms with van der Waals surface area (Å²) in [4.78, 5) is 13.2. The number of amides is 1. The molecule has 1 fully saturated rings. The molecule has 10 nitrogen and oxygen atoms in total. The van der Waals surface area contributed by atoms with Gasteiger partial charge in [0, 0.05) is 13.1 Å². The average molecular weight is 600 g/mol. The van der Waals surface area contributed by atoms with E-state index in [1.807, 2.05) is 6.07 Å². The molecule has 0 radical (unpaired) electrons. The quantitative estimate of drug-likeness (QED) is 0.355. The first-order valence-electron chi connectivity index (χ1n) is 13.5. The molecule has 1 atom stereocenters. The summed E-state index contributed by atoms with van der Waals surface area (Å²) in [5.74, 6) is 0.109. The maximum absolute atomic E-state index is 13.4. The summed E-state index contributed by atoms with van der Waals surface area (Å²) in [7, 11) is -7.32. The van der Waals surface area contributed by atoms with E-state index in [2.05, 4.69) is 5.32 Å². The largest absolute Gasteiger partial charge is 0.492 e. The van der Waals surface area contributed by atoms with Crippen molar-refractivity contribution in [1.82, 2.24) is 9.62 Å². The molecule has 1 saturated heterocycles. The second-order valence-electron chi connectivity index (χ2n) is 9.92. The first-order chi connectivity index (χ1) is 19.7. The van der Waals surface area contributed by atoms with Crippen molar-refractivity contribution < 1.29 is 31.1 Å². The number of para-hydroxylation sites is 2. The highest BCUT2D eigenvalue weighted by Crippen LogP contribution is 2.35. The number of ether oxygens (including phenoxy) is 2. The Balaban J connectivity index is 1.16. The topological polar surface area (TPSA) is 122 Å². The number of anilines is 1. The summed E-state index contributed by atoms with van der Waals surface area (Å²) >= 11 is 0. The molecular weight excluding hydrogens is 566 g/mol. The number of carbonyl (C=O) groups is 1. The molecule has 5 rings (SSSR count). The van der Waals surface area contributed by atoms with Gasteiger partial charge in [-0.1, -0.05) is 48.9 Å². The second kappa shape index (κ2) is 12.5. The van der Waals surface area contributed by atoms with Crippen LogP contribution in [0.25, 0.3) is 0 Å². The number of sulfonamides is 2. The van der Waals surface area contributed by atoms with E-state index in [0.717, 1.165) is 19.3 Å². The van der Waals surface area contributed by atoms with Crippen LogP contribution in [0.3, 0.4) is 0 Å². The molecule has 3 aromatic carbocycles. The third-order valence-corrected chi connectivity index (χ3v) is 10.6. The zero-order valence-corrected chi connectivity index (χ0v) is 24.1. The molecule has 0 bridgehead atoms. The summed E-state index contributed by atoms with van der Waals surface area (Å²) in [5.41, 5.74) is 1.04. The summed E-state index contributed by atoms with van der Waals surface area (Å²) in [6.07, 6.45) is 1.73. The number of benzene rings is 3. The van der Waals surface area contributed by atoms with Crippen molar-refractivity contribution in [2.75, 3.05) is 37.1 Å². The summed E-state index contributed by atoms with van der Waals surface area (Å²) in [6, 6.07) is 21.8. The Morgan fingerprint density at radius 1 is 0.878 bits per heavy atom. The highest BCUT2D eigenvalue weighted by molar-refractivity contribution is 7.92. The number of hydrogen-bond acceptors (Lipinski definition) is 7. The Morgan fingerprint density at radius 2 is 1.56 bits per heavy atom. The fraction of sp³-hybridized carbons (Fsp3) is 0.345. The first kappa shape index (κ1) is 28.9. The van der Waals surface area contributed by atoms with E-state index in [1.165, 1.54) is 20.7 Å². The third kappa shape index (κ3) is 6.83. The monoisotopic (exact) mass is 599 g/mol. The van der Waals surface area contributed by atoms with Crippen molar-refractivity contribution in [3.05, 3.63) is 84.4 Å². The van der Waals surface area contributed by atoms with Crippen LogP contribution in [-0.2, 0) is 30.6 Å². The van der Waals surface area contributed by atoms with Gasteiger partial charge in [-0.2, -0.15) is 4.31 Å². The molecule has 0 aliphatic carbocycles. The van der Waals surface area contributed by atoms with E-state index < -0.39 is 32.1 Å². The van der Waals surface area contributed by atoms with Gasteiger partial charge in [-0.15, -0.1) is 0 Å². The summed E-state index contributed by atoms with van der Waals surface area (Å²) in [6.45, 7) is 1.18. The number of carbonyl (C=O) groups excluding carboxylic acids is 1. The molecule has 41 heavy (non-hydrogen) atoms. The third-order valence-electron chi connectivity index (χ3n) is 7.00. The van der Waals surface area contributed by atoms with Gasteiger partial charge in [-0.05, 0) is 54.8 Å². The van der Waals surface area contributed by atoms with Crippen LogP contribution in [0.4, 0.5) is 5.69 Å². The van der Waals surface area contributed by atoms with Gasteiger partial charge >= 0.3 is 0 Å². The van der Waals surface area contributed by atoms with Crippen LogP contribution < -0.4 is 19.1 Å². The molecule has 0 unspecified atom stereocenters. The molecule has 1 amide bonds. The Labute approximate surface area is 241 Å². The molecule has 12 heteroatoms. The summed E-state index contributed by atoms with van der Waals surface area (Å²) < 4.78 is 66.7. The van der Waals surface area contributed by atoms with Gasteiger partial charge in [0.2, 0.25) is 20.0 Å². The van der Waals surface area contributed by atoms with Crippen molar-refractivity contribution in [2.24, 2.45) is 0 Å². The highest BCUT2D eigenvalue weighted by Gasteiger charge is 2.36. The minimum Gasteiger partial charge on any atom is -0.492 e. The van der Waals surface area contributed by atoms with E-state index in [-0.39, 0.29) is 30.3 Å². The van der Waals surface area contributed by atoms with E-state index in [4.69, 9.17) is 9.47 Å². The number of fused-ring (bicyclic) bond motifs is 1. The molecule has 2 aliphatic rings. The molecule has 3 aromatic rings. The SMILES string of the molecule is O=C(NCCOc1ccc(S(=O)(=O)N2CCCCC2)cc1)[C@@H]1CN(S(=O)(=O)Cc2ccccc2)c2ccccc2O1. The molecule has 2 heterocycles. The first-order valence-corrected chi connectivity index (χ1v) is 16.6. The Morgan fingerprint density at radius 3 is 2.29 bits per heavy atom. The molecule has 0 spiro atoms. The zero-order chi connectivity index (χ0) is 28.9. The standard InChI is InChI=1S/C29H33N3O7S2/c33-29(30-17-20-38-24-13-15-25(16-14-24)41(36,37)31-18-7-2-8-19-31)28-21-32(26-11-5-6-12-27(26)39-28)40(34,35)22-23-9-3-1-4-10-23/h1,3-6,9-16,28H,2,7-8,17-22H2,(H,30,33)/t28-/m0/s1. The lowest BCUT2D eigenvalue weighted by Gasteiger charge is -2.34. The predicted octanol–water partition coefficient (Wildman–Crippen LogP) is 3.15. The van der Waals surface area contributed by atoms with E-state index in [0.29, 0.717) is 35.8 Å². The smallest absolute Gasteiger partial charge is 0.263 e. The predicted molar refractivity (Wildman–Crippen MR) is 155 cm³/mol. The van der Waals surface area contributed by atoms with Crippen LogP contribution in [0.1, 0.15) is 24.8 Å². The fourth-order valence-electron chi connectivity index (χ4n) is 4.88. The molecule has 0 aromatic heterocycles. The van der Waals surface area contributed by atoms with Gasteiger partial charge < -0.3 is 14.8 Å². The van der Waals surface area contributed by atoms with Crippen molar-refractivity contribution in [1.29, 1.82) is 0 Å². The number of nitrogens with one attached hydrogen (secondary N) is 1. The van der Waals surface area contributed by atoms with Gasteiger partial charge in [-0.25, -0.2) is 16.8 Å². The van der Waals surface area contributed by atoms with E-state index >= 15 is 0 Å². The summed E-state index contributed by atoms with van der Waals surface area (Å²) in [5, 5.41) is 2.74. The lowest BCUT2D eigenvalue weighted by Crippen LogP contribution is -2.51. The number of nitrogens with zero attached hydrogens (tertiary/aromatic N) is 2. The maximum Gasteiger partial charge on any atom is 0.263 e. The molecule has 1 N–H and O–H groups in total. The van der Waals surface area contributed by atoms with Gasteiger partial charge in [0.25, 0.3) is 5.91 Å². The van der Waals surface area contributed by atoms with Crippen LogP contribution in [0.5, 0.6) is 11.5 Å². The number of rotatable bonds is 10. The zero-order valence-electron chi connectivity index (χ0n) is 22.5. The normalized spacial score (nSPS) is 17.8. The molecule has 2 aliphatic heterocycles. The van der Waals surface area contributed by atoms with Crippen LogP contribution in [-0.4, -0.2) is 65.9 Å². The van der Waals surface area contributed by atoms with Gasteiger partial charge in [-0.3, -0.25) is 9.10 Å². The van der Waals surface area contributed by atoms with Crippen LogP contribution in [0, 0.1) is 0 Å². The average Bonchev–Trinajstić information content (AvgIpc) is 2.99. The van der Waals surface area contributed by atoms with Gasteiger partial charge in [0.15, 0.2) is 6.10 Å². The Hall–Kier alpha value is -3.61. The van der Waals surface area contributed by atoms with Gasteiger partial charge in [0.05, 0.1) is 29.4 Å². The van der Waals surface area contributed by atoms with Crippen molar-refractivity contribution in [3.8, 4) is 11.5 Å². The van der Waals surface area contributed by atoms with E-state index in [9.17, 15) is 21.6 Å². The van der Waals surface area contributed by atoms with Crippen molar-refractivity contribution in [2.45, 2.75) is 36.0 Å². The minimum atomic E-state index is -3.80. The van der Waals surface area contributed by atoms with Gasteiger partial charge in [0.1, 0.15) is 18.1 Å². The molecule has 0 saturated carbocycles. The van der Waals surface area contributed by atoms with Crippen molar-refractivity contribution >= 4 is 31.6 Å². The van der Waals surface area contributed by atoms with Crippen LogP contribution in [0.15, 0.2) is 83.8 Å². The Kier molecular flexibility index (Phi) is 8.81. The number of hydrogen-bond donors (Lipinski definition) is 1. The van der Waals surface area contributed by atoms with Crippen LogP contribution >= 0.6 is 0 Å². The maximum atomic E-state index is 13.4. The van der Waals surface area contributed by atoms with Crippen LogP contribution in [0.2, 0.25) is 0 Å². The lowest BCUT2D eigenvalue weighted by atomic mass is 10.2. The highest BCUT2D eigenvalue weighted by atomic mass is 32.2. The molecule has 218 valence electrons. The second-order valence-corrected chi connectivity index (χ2v) is 13.8. The lowest BCUT2D eigenvalue weighted by molar-refractivity contribution is -0.127. The number of piperidine rings is 1.